The van der Waals surface area contributed by atoms with Gasteiger partial charge < -0.3 is 20.9 Å². The van der Waals surface area contributed by atoms with E-state index in [0.29, 0.717) is 18.1 Å². The van der Waals surface area contributed by atoms with Crippen LogP contribution in [0.15, 0.2) is 54.6 Å². The molecule has 0 saturated carbocycles. The topological polar surface area (TPSA) is 78.7 Å². The van der Waals surface area contributed by atoms with Crippen LogP contribution >= 0.6 is 36.4 Å². The zero-order valence-electron chi connectivity index (χ0n) is 15.8. The molecule has 1 aliphatic heterocycles. The molecule has 1 aliphatic rings. The number of benzene rings is 2. The Labute approximate surface area is 188 Å². The van der Waals surface area contributed by atoms with E-state index >= 15 is 0 Å². The molecule has 1 heterocycles. The van der Waals surface area contributed by atoms with Gasteiger partial charge in [-0.2, -0.15) is 0 Å². The minimum Gasteiger partial charge on any atom is -0.368 e. The van der Waals surface area contributed by atoms with Gasteiger partial charge in [0.05, 0.1) is 6.54 Å². The van der Waals surface area contributed by atoms with Crippen LogP contribution in [0.5, 0.6) is 0 Å². The predicted molar refractivity (Wildman–Crippen MR) is 121 cm³/mol. The van der Waals surface area contributed by atoms with Crippen molar-refractivity contribution in [3.8, 4) is 0 Å². The highest BCUT2D eigenvalue weighted by molar-refractivity contribution is 6.30. The summed E-state index contributed by atoms with van der Waals surface area (Å²) in [5, 5.41) is 3.34. The number of halogens is 3. The van der Waals surface area contributed by atoms with E-state index in [0.717, 1.165) is 24.3 Å². The van der Waals surface area contributed by atoms with Gasteiger partial charge in [0.2, 0.25) is 11.8 Å². The van der Waals surface area contributed by atoms with Crippen molar-refractivity contribution < 1.29 is 9.59 Å². The molecule has 2 aromatic rings. The van der Waals surface area contributed by atoms with Crippen LogP contribution in [-0.4, -0.2) is 49.4 Å². The van der Waals surface area contributed by atoms with E-state index in [1.807, 2.05) is 42.5 Å². The smallest absolute Gasteiger partial charge is 0.242 e. The number of nitrogens with two attached hydrogens (primary N) is 1. The predicted octanol–water partition coefficient (Wildman–Crippen LogP) is 2.65. The van der Waals surface area contributed by atoms with Gasteiger partial charge in [0, 0.05) is 36.9 Å². The lowest BCUT2D eigenvalue weighted by atomic mass is 10.1. The number of carbonyl (C=O) groups excluding carboxylic acids is 2. The number of rotatable bonds is 5. The van der Waals surface area contributed by atoms with Gasteiger partial charge in [0.15, 0.2) is 0 Å². The van der Waals surface area contributed by atoms with E-state index in [1.54, 1.807) is 17.0 Å². The zero-order chi connectivity index (χ0) is 19.2. The first-order valence-corrected chi connectivity index (χ1v) is 9.29. The number of hydrogen-bond acceptors (Lipinski definition) is 4. The number of nitrogens with one attached hydrogen (secondary N) is 1. The fraction of sp³-hybridized carbons (Fsp3) is 0.300. The third-order valence-electron chi connectivity index (χ3n) is 4.66. The highest BCUT2D eigenvalue weighted by atomic mass is 35.5. The van der Waals surface area contributed by atoms with Crippen molar-refractivity contribution in [3.63, 3.8) is 0 Å². The average molecular weight is 460 g/mol. The first-order valence-electron chi connectivity index (χ1n) is 8.91. The van der Waals surface area contributed by atoms with Crippen LogP contribution < -0.4 is 16.0 Å². The fourth-order valence-electron chi connectivity index (χ4n) is 3.08. The molecule has 3 N–H and O–H groups in total. The summed E-state index contributed by atoms with van der Waals surface area (Å²) in [6.45, 7) is 2.61. The van der Waals surface area contributed by atoms with Gasteiger partial charge in [-0.1, -0.05) is 48.0 Å². The molecule has 6 nitrogen and oxygen atoms in total. The molecule has 1 unspecified atom stereocenters. The lowest BCUT2D eigenvalue weighted by molar-refractivity contribution is -0.133. The molecule has 1 saturated heterocycles. The molecule has 9 heteroatoms. The number of anilines is 1. The van der Waals surface area contributed by atoms with Crippen molar-refractivity contribution in [1.82, 2.24) is 10.2 Å². The van der Waals surface area contributed by atoms with E-state index in [9.17, 15) is 9.59 Å². The molecule has 0 radical (unpaired) electrons. The minimum absolute atomic E-state index is 0. The quantitative estimate of drug-likeness (QED) is 0.720. The van der Waals surface area contributed by atoms with Crippen molar-refractivity contribution >= 4 is 53.9 Å². The normalized spacial score (nSPS) is 14.3. The Bertz CT molecular complexity index is 799. The summed E-state index contributed by atoms with van der Waals surface area (Å²) in [5.41, 5.74) is 7.72. The number of nitrogens with zero attached hydrogens (tertiary/aromatic N) is 2. The fourth-order valence-corrected chi connectivity index (χ4v) is 3.27. The van der Waals surface area contributed by atoms with Gasteiger partial charge >= 0.3 is 0 Å². The highest BCUT2D eigenvalue weighted by Crippen LogP contribution is 2.20. The first-order chi connectivity index (χ1) is 13.0. The average Bonchev–Trinajstić information content (AvgIpc) is 2.72. The van der Waals surface area contributed by atoms with Gasteiger partial charge in [0.25, 0.3) is 0 Å². The van der Waals surface area contributed by atoms with Crippen molar-refractivity contribution in [2.24, 2.45) is 5.73 Å². The van der Waals surface area contributed by atoms with Crippen LogP contribution in [0.3, 0.4) is 0 Å². The standard InChI is InChI=1S/C20H23ClN4O2.2ClH/c21-16-7-4-8-17(13-16)24-9-11-25(12-10-24)18(26)14-23-20(27)19(22)15-5-2-1-3-6-15;;/h1-8,13,19H,9-12,14,22H2,(H,23,27);2*1H. The van der Waals surface area contributed by atoms with Crippen molar-refractivity contribution in [1.29, 1.82) is 0 Å². The summed E-state index contributed by atoms with van der Waals surface area (Å²) in [6.07, 6.45) is 0. The number of hydrogen-bond donors (Lipinski definition) is 2. The Morgan fingerprint density at radius 2 is 1.66 bits per heavy atom. The molecule has 1 atom stereocenters. The highest BCUT2D eigenvalue weighted by Gasteiger charge is 2.23. The maximum atomic E-state index is 12.4. The molecule has 1 fully saturated rings. The number of carbonyl (C=O) groups is 2. The van der Waals surface area contributed by atoms with Crippen LogP contribution in [0.2, 0.25) is 5.02 Å². The van der Waals surface area contributed by atoms with Crippen LogP contribution in [0.4, 0.5) is 5.69 Å². The van der Waals surface area contributed by atoms with Gasteiger partial charge in [-0.05, 0) is 23.8 Å². The van der Waals surface area contributed by atoms with E-state index in [1.165, 1.54) is 0 Å². The SMILES string of the molecule is Cl.Cl.NC(C(=O)NCC(=O)N1CCN(c2cccc(Cl)c2)CC1)c1ccccc1. The number of piperazine rings is 1. The Balaban J connectivity index is 0.00000210. The maximum absolute atomic E-state index is 12.4. The van der Waals surface area contributed by atoms with Crippen molar-refractivity contribution in [3.05, 3.63) is 65.2 Å². The second kappa shape index (κ2) is 11.9. The summed E-state index contributed by atoms with van der Waals surface area (Å²) < 4.78 is 0. The molecule has 2 aromatic carbocycles. The summed E-state index contributed by atoms with van der Waals surface area (Å²) in [7, 11) is 0. The Kier molecular flexibility index (Phi) is 10.3. The monoisotopic (exact) mass is 458 g/mol. The summed E-state index contributed by atoms with van der Waals surface area (Å²) in [6, 6.07) is 16.0. The summed E-state index contributed by atoms with van der Waals surface area (Å²) >= 11 is 6.04. The minimum atomic E-state index is -0.779. The molecule has 0 aliphatic carbocycles. The van der Waals surface area contributed by atoms with Crippen LogP contribution in [0.1, 0.15) is 11.6 Å². The molecule has 0 aromatic heterocycles. The maximum Gasteiger partial charge on any atom is 0.242 e. The van der Waals surface area contributed by atoms with E-state index in [4.69, 9.17) is 17.3 Å². The summed E-state index contributed by atoms with van der Waals surface area (Å²) in [5.74, 6) is -0.457. The largest absolute Gasteiger partial charge is 0.368 e. The van der Waals surface area contributed by atoms with Crippen LogP contribution in [0, 0.1) is 0 Å². The van der Waals surface area contributed by atoms with E-state index < -0.39 is 6.04 Å². The third-order valence-corrected chi connectivity index (χ3v) is 4.90. The van der Waals surface area contributed by atoms with Crippen molar-refractivity contribution in [2.75, 3.05) is 37.6 Å². The van der Waals surface area contributed by atoms with Gasteiger partial charge in [-0.3, -0.25) is 9.59 Å². The zero-order valence-corrected chi connectivity index (χ0v) is 18.2. The Morgan fingerprint density at radius 1 is 1.00 bits per heavy atom. The molecular weight excluding hydrogens is 435 g/mol. The van der Waals surface area contributed by atoms with E-state index in [2.05, 4.69) is 10.2 Å². The molecule has 2 amide bonds. The van der Waals surface area contributed by atoms with E-state index in [-0.39, 0.29) is 43.2 Å². The Hall–Kier alpha value is -1.99. The van der Waals surface area contributed by atoms with Crippen LogP contribution in [-0.2, 0) is 9.59 Å². The molecule has 3 rings (SSSR count). The molecule has 29 heavy (non-hydrogen) atoms. The summed E-state index contributed by atoms with van der Waals surface area (Å²) in [4.78, 5) is 28.5. The second-order valence-corrected chi connectivity index (χ2v) is 6.89. The molecular formula is C20H25Cl3N4O2. The lowest BCUT2D eigenvalue weighted by Crippen LogP contribution is -2.51. The Morgan fingerprint density at radius 3 is 2.28 bits per heavy atom. The molecule has 0 spiro atoms. The van der Waals surface area contributed by atoms with Crippen molar-refractivity contribution in [2.45, 2.75) is 6.04 Å². The first kappa shape index (κ1) is 25.0. The second-order valence-electron chi connectivity index (χ2n) is 6.45. The molecule has 0 bridgehead atoms. The number of amides is 2. The third kappa shape index (κ3) is 6.78. The molecule has 158 valence electrons. The van der Waals surface area contributed by atoms with Gasteiger partial charge in [-0.25, -0.2) is 0 Å². The lowest BCUT2D eigenvalue weighted by Gasteiger charge is -2.36. The van der Waals surface area contributed by atoms with Gasteiger partial charge in [0.1, 0.15) is 6.04 Å². The van der Waals surface area contributed by atoms with Gasteiger partial charge in [-0.15, -0.1) is 24.8 Å². The van der Waals surface area contributed by atoms with Crippen LogP contribution in [0.25, 0.3) is 0 Å².